The lowest BCUT2D eigenvalue weighted by Crippen LogP contribution is -2.21. The predicted molar refractivity (Wildman–Crippen MR) is 97.9 cm³/mol. The van der Waals surface area contributed by atoms with Gasteiger partial charge in [-0.15, -0.1) is 0 Å². The Kier molecular flexibility index (Phi) is 6.84. The second kappa shape index (κ2) is 8.88. The number of nitrogens with one attached hydrogen (secondary N) is 2. The van der Waals surface area contributed by atoms with Gasteiger partial charge in [0.25, 0.3) is 0 Å². The van der Waals surface area contributed by atoms with Gasteiger partial charge in [0.2, 0.25) is 15.9 Å². The Labute approximate surface area is 153 Å². The van der Waals surface area contributed by atoms with E-state index in [-0.39, 0.29) is 24.6 Å². The highest BCUT2D eigenvalue weighted by molar-refractivity contribution is 7.92. The van der Waals surface area contributed by atoms with Gasteiger partial charge in [0, 0.05) is 12.1 Å². The average molecular weight is 384 g/mol. The van der Waals surface area contributed by atoms with E-state index in [0.29, 0.717) is 11.4 Å². The fraction of sp³-hybridized carbons (Fsp3) is 0.529. The molecule has 0 saturated heterocycles. The quantitative estimate of drug-likeness (QED) is 0.633. The Morgan fingerprint density at radius 1 is 1.19 bits per heavy atom. The molecule has 1 aliphatic carbocycles. The SMILES string of the molecule is CS(=O)(=O)Nc1cc(NC(=O)CCC(=O)O)ccc1OC1CCCCC1. The third-order valence-corrected chi connectivity index (χ3v) is 4.56. The van der Waals surface area contributed by atoms with E-state index >= 15 is 0 Å². The molecule has 144 valence electrons. The van der Waals surface area contributed by atoms with Crippen LogP contribution in [0.25, 0.3) is 0 Å². The van der Waals surface area contributed by atoms with Crippen molar-refractivity contribution in [3.8, 4) is 5.75 Å². The molecule has 8 nitrogen and oxygen atoms in total. The fourth-order valence-electron chi connectivity index (χ4n) is 2.80. The molecule has 0 radical (unpaired) electrons. The van der Waals surface area contributed by atoms with Crippen LogP contribution in [0.5, 0.6) is 5.75 Å². The molecule has 9 heteroatoms. The molecule has 0 aromatic heterocycles. The van der Waals surface area contributed by atoms with Gasteiger partial charge in [0.05, 0.1) is 24.5 Å². The highest BCUT2D eigenvalue weighted by Crippen LogP contribution is 2.32. The summed E-state index contributed by atoms with van der Waals surface area (Å²) in [7, 11) is -3.53. The van der Waals surface area contributed by atoms with E-state index in [0.717, 1.165) is 31.9 Å². The predicted octanol–water partition coefficient (Wildman–Crippen LogP) is 2.57. The molecule has 0 heterocycles. The number of hydrogen-bond acceptors (Lipinski definition) is 5. The molecule has 1 aliphatic rings. The zero-order chi connectivity index (χ0) is 19.2. The van der Waals surface area contributed by atoms with Crippen molar-refractivity contribution in [2.24, 2.45) is 0 Å². The van der Waals surface area contributed by atoms with Gasteiger partial charge in [-0.1, -0.05) is 6.42 Å². The van der Waals surface area contributed by atoms with E-state index in [9.17, 15) is 18.0 Å². The third kappa shape index (κ3) is 6.91. The van der Waals surface area contributed by atoms with Gasteiger partial charge < -0.3 is 15.2 Å². The van der Waals surface area contributed by atoms with Crippen molar-refractivity contribution in [2.75, 3.05) is 16.3 Å². The van der Waals surface area contributed by atoms with Gasteiger partial charge >= 0.3 is 5.97 Å². The first-order chi connectivity index (χ1) is 12.2. The summed E-state index contributed by atoms with van der Waals surface area (Å²) in [6.07, 6.45) is 5.82. The fourth-order valence-corrected chi connectivity index (χ4v) is 3.36. The van der Waals surface area contributed by atoms with Crippen molar-refractivity contribution in [2.45, 2.75) is 51.0 Å². The topological polar surface area (TPSA) is 122 Å². The van der Waals surface area contributed by atoms with Crippen molar-refractivity contribution < 1.29 is 27.9 Å². The molecule has 2 rings (SSSR count). The van der Waals surface area contributed by atoms with E-state index in [1.807, 2.05) is 0 Å². The van der Waals surface area contributed by atoms with E-state index in [2.05, 4.69) is 10.0 Å². The van der Waals surface area contributed by atoms with Crippen LogP contribution in [0.15, 0.2) is 18.2 Å². The highest BCUT2D eigenvalue weighted by Gasteiger charge is 2.18. The van der Waals surface area contributed by atoms with Crippen LogP contribution in [0.2, 0.25) is 0 Å². The summed E-state index contributed by atoms with van der Waals surface area (Å²) in [6, 6.07) is 4.68. The molecular weight excluding hydrogens is 360 g/mol. The van der Waals surface area contributed by atoms with Crippen LogP contribution < -0.4 is 14.8 Å². The Hall–Kier alpha value is -2.29. The van der Waals surface area contributed by atoms with Crippen LogP contribution in [-0.4, -0.2) is 37.8 Å². The molecule has 3 N–H and O–H groups in total. The minimum absolute atomic E-state index is 0.0415. The lowest BCUT2D eigenvalue weighted by atomic mass is 9.98. The maximum Gasteiger partial charge on any atom is 0.303 e. The number of amides is 1. The molecule has 0 unspecified atom stereocenters. The summed E-state index contributed by atoms with van der Waals surface area (Å²) in [5, 5.41) is 11.2. The second-order valence-electron chi connectivity index (χ2n) is 6.40. The molecule has 0 bridgehead atoms. The van der Waals surface area contributed by atoms with Crippen molar-refractivity contribution in [1.29, 1.82) is 0 Å². The van der Waals surface area contributed by atoms with Crippen LogP contribution in [0.3, 0.4) is 0 Å². The normalized spacial score (nSPS) is 15.3. The van der Waals surface area contributed by atoms with Gasteiger partial charge in [-0.05, 0) is 43.9 Å². The largest absolute Gasteiger partial charge is 0.488 e. The van der Waals surface area contributed by atoms with Gasteiger partial charge in [0.15, 0.2) is 0 Å². The maximum atomic E-state index is 11.8. The summed E-state index contributed by atoms with van der Waals surface area (Å²) in [5.41, 5.74) is 0.608. The van der Waals surface area contributed by atoms with Crippen LogP contribution in [-0.2, 0) is 19.6 Å². The number of ether oxygens (including phenoxy) is 1. The number of carboxylic acid groups (broad SMARTS) is 1. The number of carbonyl (C=O) groups is 2. The van der Waals surface area contributed by atoms with Gasteiger partial charge in [-0.25, -0.2) is 8.42 Å². The minimum Gasteiger partial charge on any atom is -0.488 e. The Morgan fingerprint density at radius 3 is 2.50 bits per heavy atom. The highest BCUT2D eigenvalue weighted by atomic mass is 32.2. The van der Waals surface area contributed by atoms with Crippen LogP contribution in [0.1, 0.15) is 44.9 Å². The lowest BCUT2D eigenvalue weighted by Gasteiger charge is -2.24. The lowest BCUT2D eigenvalue weighted by molar-refractivity contribution is -0.138. The van der Waals surface area contributed by atoms with E-state index in [4.69, 9.17) is 9.84 Å². The molecule has 0 atom stereocenters. The molecule has 1 amide bonds. The smallest absolute Gasteiger partial charge is 0.303 e. The standard InChI is InChI=1S/C17H24N2O6S/c1-26(23,24)19-14-11-12(18-16(20)9-10-17(21)22)7-8-15(14)25-13-5-3-2-4-6-13/h7-8,11,13,19H,2-6,9-10H2,1H3,(H,18,20)(H,21,22). The second-order valence-corrected chi connectivity index (χ2v) is 8.15. The number of hydrogen-bond donors (Lipinski definition) is 3. The van der Waals surface area contributed by atoms with Crippen LogP contribution in [0.4, 0.5) is 11.4 Å². The Balaban J connectivity index is 2.14. The number of sulfonamides is 1. The summed E-state index contributed by atoms with van der Waals surface area (Å²) >= 11 is 0. The van der Waals surface area contributed by atoms with E-state index in [1.165, 1.54) is 12.5 Å². The van der Waals surface area contributed by atoms with Crippen molar-refractivity contribution >= 4 is 33.3 Å². The molecule has 1 saturated carbocycles. The molecule has 26 heavy (non-hydrogen) atoms. The van der Waals surface area contributed by atoms with Crippen molar-refractivity contribution in [3.05, 3.63) is 18.2 Å². The zero-order valence-electron chi connectivity index (χ0n) is 14.7. The molecule has 1 fully saturated rings. The van der Waals surface area contributed by atoms with Gasteiger partial charge in [-0.3, -0.25) is 14.3 Å². The number of anilines is 2. The van der Waals surface area contributed by atoms with Crippen molar-refractivity contribution in [3.63, 3.8) is 0 Å². The first-order valence-electron chi connectivity index (χ1n) is 8.53. The Morgan fingerprint density at radius 2 is 1.88 bits per heavy atom. The first kappa shape index (κ1) is 20.0. The number of aliphatic carboxylic acids is 1. The summed E-state index contributed by atoms with van der Waals surface area (Å²) < 4.78 is 31.6. The van der Waals surface area contributed by atoms with Crippen molar-refractivity contribution in [1.82, 2.24) is 0 Å². The number of rotatable bonds is 8. The maximum absolute atomic E-state index is 11.8. The summed E-state index contributed by atoms with van der Waals surface area (Å²) in [6.45, 7) is 0. The molecular formula is C17H24N2O6S. The van der Waals surface area contributed by atoms with E-state index in [1.54, 1.807) is 12.1 Å². The zero-order valence-corrected chi connectivity index (χ0v) is 15.5. The Bertz CT molecular complexity index is 757. The van der Waals surface area contributed by atoms with Crippen LogP contribution in [0, 0.1) is 0 Å². The number of carboxylic acids is 1. The van der Waals surface area contributed by atoms with Gasteiger partial charge in [-0.2, -0.15) is 0 Å². The first-order valence-corrected chi connectivity index (χ1v) is 10.4. The molecule has 0 spiro atoms. The summed E-state index contributed by atoms with van der Waals surface area (Å²) in [5.74, 6) is -1.11. The number of benzene rings is 1. The molecule has 1 aromatic rings. The number of carbonyl (C=O) groups excluding carboxylic acids is 1. The molecule has 1 aromatic carbocycles. The third-order valence-electron chi connectivity index (χ3n) is 3.97. The van der Waals surface area contributed by atoms with E-state index < -0.39 is 21.9 Å². The average Bonchev–Trinajstić information content (AvgIpc) is 2.55. The van der Waals surface area contributed by atoms with Crippen LogP contribution >= 0.6 is 0 Å². The van der Waals surface area contributed by atoms with Gasteiger partial charge in [0.1, 0.15) is 5.75 Å². The molecule has 0 aliphatic heterocycles. The monoisotopic (exact) mass is 384 g/mol. The minimum atomic E-state index is -3.53. The summed E-state index contributed by atoms with van der Waals surface area (Å²) in [4.78, 5) is 22.3.